The molecule has 0 spiro atoms. The number of carbonyl (C=O) groups is 1. The number of nitrogens with zero attached hydrogens (tertiary/aromatic N) is 1. The van der Waals surface area contributed by atoms with Crippen LogP contribution in [0.4, 0.5) is 11.4 Å². The summed E-state index contributed by atoms with van der Waals surface area (Å²) >= 11 is 5.80. The normalized spacial score (nSPS) is 10.3. The summed E-state index contributed by atoms with van der Waals surface area (Å²) < 4.78 is 0. The van der Waals surface area contributed by atoms with Crippen molar-refractivity contribution in [2.24, 2.45) is 0 Å². The fourth-order valence-corrected chi connectivity index (χ4v) is 1.75. The maximum absolute atomic E-state index is 11.6. The molecule has 0 atom stereocenters. The quantitative estimate of drug-likeness (QED) is 0.478. The van der Waals surface area contributed by atoms with Crippen molar-refractivity contribution in [2.45, 2.75) is 20.3 Å². The summed E-state index contributed by atoms with van der Waals surface area (Å²) in [5.74, 6) is -0.207. The van der Waals surface area contributed by atoms with Crippen LogP contribution in [-0.2, 0) is 4.79 Å². The highest BCUT2D eigenvalue weighted by molar-refractivity contribution is 6.33. The summed E-state index contributed by atoms with van der Waals surface area (Å²) in [5, 5.41) is 16.3. The molecule has 2 N–H and O–H groups in total. The van der Waals surface area contributed by atoms with Crippen molar-refractivity contribution in [3.8, 4) is 0 Å². The summed E-state index contributed by atoms with van der Waals surface area (Å²) in [4.78, 5) is 21.8. The Morgan fingerprint density at radius 2 is 2.16 bits per heavy atom. The van der Waals surface area contributed by atoms with E-state index in [-0.39, 0.29) is 23.2 Å². The number of nitro benzene ring substituents is 1. The van der Waals surface area contributed by atoms with Gasteiger partial charge in [-0.05, 0) is 31.5 Å². The van der Waals surface area contributed by atoms with Crippen LogP contribution in [0.2, 0.25) is 5.02 Å². The molecule has 6 nitrogen and oxygen atoms in total. The SMILES string of the molecule is CCCNCC(=O)Nc1cc(Cl)c([N+](=O)[O-])cc1C. The molecule has 0 saturated heterocycles. The van der Waals surface area contributed by atoms with E-state index in [0.29, 0.717) is 11.3 Å². The van der Waals surface area contributed by atoms with Crippen molar-refractivity contribution in [3.05, 3.63) is 32.8 Å². The van der Waals surface area contributed by atoms with Gasteiger partial charge in [0.25, 0.3) is 5.69 Å². The predicted molar refractivity (Wildman–Crippen MR) is 74.6 cm³/mol. The molecule has 0 fully saturated rings. The van der Waals surface area contributed by atoms with E-state index in [1.54, 1.807) is 6.92 Å². The number of hydrogen-bond acceptors (Lipinski definition) is 4. The zero-order valence-electron chi connectivity index (χ0n) is 10.8. The summed E-state index contributed by atoms with van der Waals surface area (Å²) in [5.41, 5.74) is 0.917. The van der Waals surface area contributed by atoms with Crippen LogP contribution in [0.25, 0.3) is 0 Å². The molecule has 1 aromatic carbocycles. The van der Waals surface area contributed by atoms with Crippen molar-refractivity contribution in [2.75, 3.05) is 18.4 Å². The molecule has 0 unspecified atom stereocenters. The molecule has 0 saturated carbocycles. The molecule has 0 radical (unpaired) electrons. The molecule has 19 heavy (non-hydrogen) atoms. The van der Waals surface area contributed by atoms with Crippen LogP contribution >= 0.6 is 11.6 Å². The Morgan fingerprint density at radius 1 is 1.47 bits per heavy atom. The van der Waals surface area contributed by atoms with Crippen molar-refractivity contribution >= 4 is 28.9 Å². The summed E-state index contributed by atoms with van der Waals surface area (Å²) in [6, 6.07) is 2.74. The van der Waals surface area contributed by atoms with Crippen LogP contribution in [0.5, 0.6) is 0 Å². The Labute approximate surface area is 116 Å². The van der Waals surface area contributed by atoms with Gasteiger partial charge in [0.2, 0.25) is 5.91 Å². The molecule has 0 aromatic heterocycles. The number of nitro groups is 1. The van der Waals surface area contributed by atoms with E-state index < -0.39 is 4.92 Å². The first-order valence-electron chi connectivity index (χ1n) is 5.90. The van der Waals surface area contributed by atoms with Crippen LogP contribution in [0.3, 0.4) is 0 Å². The fourth-order valence-electron chi connectivity index (χ4n) is 1.51. The van der Waals surface area contributed by atoms with E-state index in [2.05, 4.69) is 10.6 Å². The Kier molecular flexibility index (Phi) is 5.72. The first-order chi connectivity index (χ1) is 8.95. The highest BCUT2D eigenvalue weighted by Crippen LogP contribution is 2.30. The molecular weight excluding hydrogens is 270 g/mol. The van der Waals surface area contributed by atoms with Gasteiger partial charge in [-0.1, -0.05) is 18.5 Å². The van der Waals surface area contributed by atoms with Crippen LogP contribution in [0.1, 0.15) is 18.9 Å². The monoisotopic (exact) mass is 285 g/mol. The van der Waals surface area contributed by atoms with E-state index >= 15 is 0 Å². The van der Waals surface area contributed by atoms with Gasteiger partial charge in [0.15, 0.2) is 0 Å². The Morgan fingerprint density at radius 3 is 2.74 bits per heavy atom. The average Bonchev–Trinajstić information content (AvgIpc) is 2.33. The summed E-state index contributed by atoms with van der Waals surface area (Å²) in [7, 11) is 0. The van der Waals surface area contributed by atoms with Crippen molar-refractivity contribution in [1.29, 1.82) is 0 Å². The van der Waals surface area contributed by atoms with Crippen molar-refractivity contribution in [3.63, 3.8) is 0 Å². The molecule has 7 heteroatoms. The maximum atomic E-state index is 11.6. The lowest BCUT2D eigenvalue weighted by atomic mass is 10.1. The molecule has 1 amide bonds. The number of aryl methyl sites for hydroxylation is 1. The van der Waals surface area contributed by atoms with Crippen molar-refractivity contribution < 1.29 is 9.72 Å². The second-order valence-corrected chi connectivity index (χ2v) is 4.51. The standard InChI is InChI=1S/C12H16ClN3O3/c1-3-4-14-7-12(17)15-10-6-9(13)11(16(18)19)5-8(10)2/h5-6,14H,3-4,7H2,1-2H3,(H,15,17). The molecule has 0 bridgehead atoms. The zero-order chi connectivity index (χ0) is 14.4. The maximum Gasteiger partial charge on any atom is 0.288 e. The second kappa shape index (κ2) is 7.06. The van der Waals surface area contributed by atoms with E-state index in [1.807, 2.05) is 6.92 Å². The first-order valence-corrected chi connectivity index (χ1v) is 6.28. The molecule has 0 aliphatic rings. The molecule has 104 valence electrons. The smallest absolute Gasteiger partial charge is 0.288 e. The molecule has 0 aliphatic carbocycles. The first kappa shape index (κ1) is 15.4. The fraction of sp³-hybridized carbons (Fsp3) is 0.417. The minimum absolute atomic E-state index is 0.00687. The highest BCUT2D eigenvalue weighted by Gasteiger charge is 2.15. The van der Waals surface area contributed by atoms with Crippen molar-refractivity contribution in [1.82, 2.24) is 5.32 Å². The zero-order valence-corrected chi connectivity index (χ0v) is 11.6. The number of hydrogen-bond donors (Lipinski definition) is 2. The second-order valence-electron chi connectivity index (χ2n) is 4.10. The predicted octanol–water partition coefficient (Wildman–Crippen LogP) is 2.49. The minimum atomic E-state index is -0.552. The third kappa shape index (κ3) is 4.50. The largest absolute Gasteiger partial charge is 0.325 e. The van der Waals surface area contributed by atoms with Crippen LogP contribution < -0.4 is 10.6 Å². The Balaban J connectivity index is 2.77. The Bertz CT molecular complexity index is 491. The van der Waals surface area contributed by atoms with Gasteiger partial charge in [0, 0.05) is 11.8 Å². The lowest BCUT2D eigenvalue weighted by molar-refractivity contribution is -0.384. The molecule has 1 aromatic rings. The molecule has 0 aliphatic heterocycles. The average molecular weight is 286 g/mol. The van der Waals surface area contributed by atoms with E-state index in [9.17, 15) is 14.9 Å². The van der Waals surface area contributed by atoms with E-state index in [0.717, 1.165) is 13.0 Å². The number of benzene rings is 1. The van der Waals surface area contributed by atoms with Gasteiger partial charge in [0.05, 0.1) is 11.5 Å². The van der Waals surface area contributed by atoms with Gasteiger partial charge < -0.3 is 10.6 Å². The number of nitrogens with one attached hydrogen (secondary N) is 2. The van der Waals surface area contributed by atoms with E-state index in [1.165, 1.54) is 12.1 Å². The van der Waals surface area contributed by atoms with Gasteiger partial charge in [-0.2, -0.15) is 0 Å². The van der Waals surface area contributed by atoms with Crippen LogP contribution in [0.15, 0.2) is 12.1 Å². The summed E-state index contributed by atoms with van der Waals surface area (Å²) in [6.45, 7) is 4.64. The lowest BCUT2D eigenvalue weighted by Crippen LogP contribution is -2.28. The lowest BCUT2D eigenvalue weighted by Gasteiger charge is -2.09. The third-order valence-electron chi connectivity index (χ3n) is 2.48. The Hall–Kier alpha value is -1.66. The third-order valence-corrected chi connectivity index (χ3v) is 2.78. The molecule has 0 heterocycles. The number of rotatable bonds is 6. The number of carbonyl (C=O) groups excluding carboxylic acids is 1. The molecule has 1 rings (SSSR count). The highest BCUT2D eigenvalue weighted by atomic mass is 35.5. The summed E-state index contributed by atoms with van der Waals surface area (Å²) in [6.07, 6.45) is 0.940. The van der Waals surface area contributed by atoms with Gasteiger partial charge in [-0.15, -0.1) is 0 Å². The van der Waals surface area contributed by atoms with Gasteiger partial charge in [-0.25, -0.2) is 0 Å². The van der Waals surface area contributed by atoms with Crippen LogP contribution in [0, 0.1) is 17.0 Å². The van der Waals surface area contributed by atoms with Crippen LogP contribution in [-0.4, -0.2) is 23.9 Å². The number of anilines is 1. The van der Waals surface area contributed by atoms with Gasteiger partial charge in [-0.3, -0.25) is 14.9 Å². The molecular formula is C12H16ClN3O3. The topological polar surface area (TPSA) is 84.3 Å². The number of amides is 1. The van der Waals surface area contributed by atoms with Gasteiger partial charge in [0.1, 0.15) is 5.02 Å². The van der Waals surface area contributed by atoms with Gasteiger partial charge >= 0.3 is 0 Å². The van der Waals surface area contributed by atoms with E-state index in [4.69, 9.17) is 11.6 Å². The minimum Gasteiger partial charge on any atom is -0.325 e. The number of halogens is 1.